The molecule has 0 spiro atoms. The number of allylic oxidation sites excluding steroid dienone is 6. The lowest BCUT2D eigenvalue weighted by Crippen LogP contribution is -2.12. The highest BCUT2D eigenvalue weighted by Gasteiger charge is 1.94. The van der Waals surface area contributed by atoms with Crippen LogP contribution >= 0.6 is 0 Å². The standard InChI is InChI=1S/C7H8.C6H13N/c2*1-2-4-6-7-5-3-1/h1-6H,7H2;7H,1-6H2. The van der Waals surface area contributed by atoms with E-state index in [0.29, 0.717) is 0 Å². The first kappa shape index (κ1) is 11.3. The molecule has 1 nitrogen and oxygen atoms in total. The SMILES string of the molecule is C1=CC=CCC=C1.C1CCCNCC1. The fraction of sp³-hybridized carbons (Fsp3) is 0.538. The second-order valence-electron chi connectivity index (χ2n) is 3.64. The van der Waals surface area contributed by atoms with E-state index in [-0.39, 0.29) is 0 Å². The molecule has 1 heterocycles. The van der Waals surface area contributed by atoms with Gasteiger partial charge in [-0.25, -0.2) is 0 Å². The summed E-state index contributed by atoms with van der Waals surface area (Å²) in [7, 11) is 0. The van der Waals surface area contributed by atoms with Crippen LogP contribution in [0.15, 0.2) is 36.5 Å². The van der Waals surface area contributed by atoms with Crippen LogP contribution in [0, 0.1) is 0 Å². The zero-order valence-electron chi connectivity index (χ0n) is 8.91. The Morgan fingerprint density at radius 1 is 0.643 bits per heavy atom. The molecule has 1 aliphatic carbocycles. The molecule has 78 valence electrons. The van der Waals surface area contributed by atoms with Gasteiger partial charge in [-0.2, -0.15) is 0 Å². The molecular weight excluding hydrogens is 170 g/mol. The summed E-state index contributed by atoms with van der Waals surface area (Å²) >= 11 is 0. The van der Waals surface area contributed by atoms with Crippen LogP contribution in [-0.4, -0.2) is 13.1 Å². The lowest BCUT2D eigenvalue weighted by molar-refractivity contribution is 0.702. The highest BCUT2D eigenvalue weighted by molar-refractivity contribution is 5.16. The van der Waals surface area contributed by atoms with Gasteiger partial charge in [0.25, 0.3) is 0 Å². The van der Waals surface area contributed by atoms with E-state index in [1.807, 2.05) is 12.2 Å². The number of hydrogen-bond donors (Lipinski definition) is 1. The topological polar surface area (TPSA) is 12.0 Å². The van der Waals surface area contributed by atoms with Crippen molar-refractivity contribution in [1.29, 1.82) is 0 Å². The van der Waals surface area contributed by atoms with Gasteiger partial charge in [-0.3, -0.25) is 0 Å². The molecule has 1 fully saturated rings. The van der Waals surface area contributed by atoms with E-state index in [0.717, 1.165) is 6.42 Å². The van der Waals surface area contributed by atoms with E-state index in [1.54, 1.807) is 0 Å². The molecule has 2 rings (SSSR count). The largest absolute Gasteiger partial charge is 0.317 e. The Morgan fingerprint density at radius 2 is 1.21 bits per heavy atom. The Kier molecular flexibility index (Phi) is 7.05. The van der Waals surface area contributed by atoms with Crippen LogP contribution in [-0.2, 0) is 0 Å². The van der Waals surface area contributed by atoms with Gasteiger partial charge in [-0.15, -0.1) is 0 Å². The Balaban J connectivity index is 0.000000140. The van der Waals surface area contributed by atoms with Gasteiger partial charge < -0.3 is 5.32 Å². The van der Waals surface area contributed by atoms with E-state index in [9.17, 15) is 0 Å². The minimum absolute atomic E-state index is 1.08. The van der Waals surface area contributed by atoms with Crippen molar-refractivity contribution in [1.82, 2.24) is 5.32 Å². The Hall–Kier alpha value is -0.820. The van der Waals surface area contributed by atoms with Crippen molar-refractivity contribution in [2.75, 3.05) is 13.1 Å². The maximum absolute atomic E-state index is 3.35. The summed E-state index contributed by atoms with van der Waals surface area (Å²) in [6.07, 6.45) is 19.2. The smallest absolute Gasteiger partial charge is 0.00489 e. The van der Waals surface area contributed by atoms with E-state index in [4.69, 9.17) is 0 Å². The highest BCUT2D eigenvalue weighted by Crippen LogP contribution is 2.00. The molecule has 0 aromatic rings. The van der Waals surface area contributed by atoms with Crippen molar-refractivity contribution in [3.63, 3.8) is 0 Å². The van der Waals surface area contributed by atoms with E-state index in [1.165, 1.54) is 38.8 Å². The molecule has 0 aromatic heterocycles. The van der Waals surface area contributed by atoms with Gasteiger partial charge in [0.1, 0.15) is 0 Å². The van der Waals surface area contributed by atoms with Crippen LogP contribution in [0.4, 0.5) is 0 Å². The van der Waals surface area contributed by atoms with Crippen LogP contribution in [0.3, 0.4) is 0 Å². The van der Waals surface area contributed by atoms with Gasteiger partial charge in [0, 0.05) is 0 Å². The molecule has 0 radical (unpaired) electrons. The molecule has 1 N–H and O–H groups in total. The number of hydrogen-bond acceptors (Lipinski definition) is 1. The van der Waals surface area contributed by atoms with Gasteiger partial charge in [0.05, 0.1) is 0 Å². The lowest BCUT2D eigenvalue weighted by Gasteiger charge is -1.91. The average Bonchev–Trinajstić information content (AvgIpc) is 2.68. The molecular formula is C13H21N. The summed E-state index contributed by atoms with van der Waals surface area (Å²) in [4.78, 5) is 0. The highest BCUT2D eigenvalue weighted by atomic mass is 14.8. The summed E-state index contributed by atoms with van der Waals surface area (Å²) in [5.41, 5.74) is 0. The third-order valence-electron chi connectivity index (χ3n) is 2.33. The molecule has 1 saturated heterocycles. The molecule has 0 bridgehead atoms. The van der Waals surface area contributed by atoms with Crippen molar-refractivity contribution in [2.24, 2.45) is 0 Å². The van der Waals surface area contributed by atoms with Crippen molar-refractivity contribution < 1.29 is 0 Å². The minimum Gasteiger partial charge on any atom is -0.317 e. The molecule has 0 unspecified atom stereocenters. The first-order valence-electron chi connectivity index (χ1n) is 5.69. The first-order valence-corrected chi connectivity index (χ1v) is 5.69. The Bertz CT molecular complexity index is 168. The number of nitrogens with one attached hydrogen (secondary N) is 1. The predicted octanol–water partition coefficient (Wildman–Crippen LogP) is 3.21. The van der Waals surface area contributed by atoms with Gasteiger partial charge >= 0.3 is 0 Å². The van der Waals surface area contributed by atoms with Crippen LogP contribution in [0.1, 0.15) is 32.1 Å². The third-order valence-corrected chi connectivity index (χ3v) is 2.33. The summed E-state index contributed by atoms with van der Waals surface area (Å²) in [6, 6.07) is 0. The third kappa shape index (κ3) is 6.67. The molecule has 14 heavy (non-hydrogen) atoms. The van der Waals surface area contributed by atoms with Crippen molar-refractivity contribution in [2.45, 2.75) is 32.1 Å². The molecule has 0 amide bonds. The van der Waals surface area contributed by atoms with Gasteiger partial charge in [-0.05, 0) is 32.4 Å². The van der Waals surface area contributed by atoms with Crippen molar-refractivity contribution in [3.05, 3.63) is 36.5 Å². The summed E-state index contributed by atoms with van der Waals surface area (Å²) in [5, 5.41) is 3.35. The van der Waals surface area contributed by atoms with Crippen LogP contribution in [0.2, 0.25) is 0 Å². The van der Waals surface area contributed by atoms with Crippen LogP contribution in [0.5, 0.6) is 0 Å². The molecule has 1 heteroatoms. The lowest BCUT2D eigenvalue weighted by atomic mass is 10.2. The first-order chi connectivity index (χ1) is 7.00. The molecule has 2 aliphatic rings. The van der Waals surface area contributed by atoms with E-state index >= 15 is 0 Å². The second kappa shape index (κ2) is 8.76. The Labute approximate surface area is 87.6 Å². The summed E-state index contributed by atoms with van der Waals surface area (Å²) in [5.74, 6) is 0. The molecule has 1 aliphatic heterocycles. The quantitative estimate of drug-likeness (QED) is 0.620. The minimum atomic E-state index is 1.08. The average molecular weight is 191 g/mol. The van der Waals surface area contributed by atoms with E-state index in [2.05, 4.69) is 29.6 Å². The summed E-state index contributed by atoms with van der Waals surface area (Å²) < 4.78 is 0. The number of rotatable bonds is 0. The van der Waals surface area contributed by atoms with Crippen LogP contribution in [0.25, 0.3) is 0 Å². The van der Waals surface area contributed by atoms with Gasteiger partial charge in [0.15, 0.2) is 0 Å². The zero-order valence-corrected chi connectivity index (χ0v) is 8.91. The molecule has 0 atom stereocenters. The maximum atomic E-state index is 3.35. The maximum Gasteiger partial charge on any atom is -0.00489 e. The molecule has 0 aromatic carbocycles. The zero-order chi connectivity index (χ0) is 9.90. The van der Waals surface area contributed by atoms with Crippen molar-refractivity contribution in [3.8, 4) is 0 Å². The second-order valence-corrected chi connectivity index (χ2v) is 3.64. The van der Waals surface area contributed by atoms with Crippen molar-refractivity contribution >= 4 is 0 Å². The fourth-order valence-corrected chi connectivity index (χ4v) is 1.50. The predicted molar refractivity (Wildman–Crippen MR) is 63.4 cm³/mol. The summed E-state index contributed by atoms with van der Waals surface area (Å²) in [6.45, 7) is 2.50. The normalized spacial score (nSPS) is 20.6. The van der Waals surface area contributed by atoms with Gasteiger partial charge in [-0.1, -0.05) is 49.3 Å². The fourth-order valence-electron chi connectivity index (χ4n) is 1.50. The van der Waals surface area contributed by atoms with Gasteiger partial charge in [0.2, 0.25) is 0 Å². The molecule has 0 saturated carbocycles. The Morgan fingerprint density at radius 3 is 1.79 bits per heavy atom. The van der Waals surface area contributed by atoms with E-state index < -0.39 is 0 Å². The monoisotopic (exact) mass is 191 g/mol. The van der Waals surface area contributed by atoms with Crippen LogP contribution < -0.4 is 5.32 Å².